The molecule has 0 spiro atoms. The summed E-state index contributed by atoms with van der Waals surface area (Å²) in [6.07, 6.45) is 1.92. The molecule has 0 aromatic heterocycles. The third-order valence-corrected chi connectivity index (χ3v) is 4.10. The molecule has 0 heterocycles. The highest BCUT2D eigenvalue weighted by atomic mass is 32.2. The second-order valence-corrected chi connectivity index (χ2v) is 5.77. The molecule has 0 fully saturated rings. The van der Waals surface area contributed by atoms with E-state index in [9.17, 15) is 4.79 Å². The minimum Gasteiger partial charge on any atom is -0.480 e. The number of carboxylic acid groups (broad SMARTS) is 1. The fraction of sp³-hybridized carbons (Fsp3) is 0.467. The number of nitrogens with two attached hydrogens (primary N) is 1. The second kappa shape index (κ2) is 10.2. The van der Waals surface area contributed by atoms with Gasteiger partial charge < -0.3 is 16.2 Å². The van der Waals surface area contributed by atoms with E-state index in [1.54, 1.807) is 11.8 Å². The van der Waals surface area contributed by atoms with Crippen molar-refractivity contribution in [1.82, 2.24) is 5.32 Å². The molecule has 0 saturated heterocycles. The lowest BCUT2D eigenvalue weighted by atomic mass is 10.1. The van der Waals surface area contributed by atoms with E-state index in [0.29, 0.717) is 24.4 Å². The molecule has 114 valence electrons. The number of carbonyl (C=O) groups is 1. The van der Waals surface area contributed by atoms with Crippen LogP contribution >= 0.6 is 11.8 Å². The molecule has 1 atom stereocenters. The Morgan fingerprint density at radius 3 is 2.71 bits per heavy atom. The van der Waals surface area contributed by atoms with Gasteiger partial charge >= 0.3 is 5.97 Å². The van der Waals surface area contributed by atoms with E-state index in [0.717, 1.165) is 18.6 Å². The number of rotatable bonds is 10. The highest BCUT2D eigenvalue weighted by Crippen LogP contribution is 2.10. The van der Waals surface area contributed by atoms with Crippen LogP contribution in [0.3, 0.4) is 0 Å². The summed E-state index contributed by atoms with van der Waals surface area (Å²) in [5.41, 5.74) is 7.23. The molecule has 0 saturated carbocycles. The number of carboxylic acids is 1. The molecule has 0 aliphatic carbocycles. The number of aryl methyl sites for hydroxylation is 1. The highest BCUT2D eigenvalue weighted by Gasteiger charge is 2.15. The van der Waals surface area contributed by atoms with Crippen LogP contribution in [0.1, 0.15) is 17.5 Å². The van der Waals surface area contributed by atoms with E-state index in [4.69, 9.17) is 16.1 Å². The van der Waals surface area contributed by atoms with Crippen molar-refractivity contribution in [3.05, 3.63) is 35.4 Å². The molecule has 0 aliphatic rings. The lowest BCUT2D eigenvalue weighted by Crippen LogP contribution is -2.41. The average molecular weight is 307 g/mol. The van der Waals surface area contributed by atoms with Crippen molar-refractivity contribution in [3.8, 4) is 6.07 Å². The Kier molecular flexibility index (Phi) is 8.51. The Balaban J connectivity index is 2.20. The number of thioether (sulfide) groups is 1. The summed E-state index contributed by atoms with van der Waals surface area (Å²) in [7, 11) is 0. The first-order chi connectivity index (χ1) is 10.2. The standard InChI is InChI=1S/C15H21N3O2S/c16-7-8-18-14(15(19)20)11-21-9-1-2-12-3-5-13(10-17)6-4-12/h3-6,14,18H,1-2,7-9,11,16H2,(H,19,20)/t14-/m1/s1. The third kappa shape index (κ3) is 7.14. The van der Waals surface area contributed by atoms with Gasteiger partial charge in [-0.2, -0.15) is 17.0 Å². The van der Waals surface area contributed by atoms with Crippen LogP contribution in [0.25, 0.3) is 0 Å². The summed E-state index contributed by atoms with van der Waals surface area (Å²) in [6, 6.07) is 9.13. The SMILES string of the molecule is N#Cc1ccc(CCCSC[C@@H](NCCN)C(=O)O)cc1. The van der Waals surface area contributed by atoms with E-state index in [1.165, 1.54) is 5.56 Å². The normalized spacial score (nSPS) is 11.8. The lowest BCUT2D eigenvalue weighted by molar-refractivity contribution is -0.138. The molecule has 0 amide bonds. The predicted molar refractivity (Wildman–Crippen MR) is 85.3 cm³/mol. The number of nitrogens with zero attached hydrogens (tertiary/aromatic N) is 1. The van der Waals surface area contributed by atoms with Crippen molar-refractivity contribution in [3.63, 3.8) is 0 Å². The van der Waals surface area contributed by atoms with Crippen LogP contribution in [-0.4, -0.2) is 41.7 Å². The first-order valence-electron chi connectivity index (χ1n) is 6.90. The summed E-state index contributed by atoms with van der Waals surface area (Å²) in [5, 5.41) is 20.7. The fourth-order valence-corrected chi connectivity index (χ4v) is 2.81. The second-order valence-electron chi connectivity index (χ2n) is 4.62. The molecule has 0 unspecified atom stereocenters. The van der Waals surface area contributed by atoms with Gasteiger partial charge in [0.1, 0.15) is 6.04 Å². The largest absolute Gasteiger partial charge is 0.480 e. The van der Waals surface area contributed by atoms with Crippen LogP contribution in [0.5, 0.6) is 0 Å². The first-order valence-corrected chi connectivity index (χ1v) is 8.06. The predicted octanol–water partition coefficient (Wildman–Crippen LogP) is 1.23. The Morgan fingerprint density at radius 2 is 2.14 bits per heavy atom. The topological polar surface area (TPSA) is 99.1 Å². The van der Waals surface area contributed by atoms with E-state index < -0.39 is 12.0 Å². The molecule has 1 aromatic rings. The Morgan fingerprint density at radius 1 is 1.43 bits per heavy atom. The molecule has 6 heteroatoms. The van der Waals surface area contributed by atoms with Crippen molar-refractivity contribution in [1.29, 1.82) is 5.26 Å². The summed E-state index contributed by atoms with van der Waals surface area (Å²) >= 11 is 1.63. The Bertz CT molecular complexity index is 471. The van der Waals surface area contributed by atoms with Crippen LogP contribution in [-0.2, 0) is 11.2 Å². The molecule has 21 heavy (non-hydrogen) atoms. The summed E-state index contributed by atoms with van der Waals surface area (Å²) in [4.78, 5) is 11.0. The van der Waals surface area contributed by atoms with Crippen LogP contribution in [0.15, 0.2) is 24.3 Å². The minimum absolute atomic E-state index is 0.438. The van der Waals surface area contributed by atoms with Gasteiger partial charge in [-0.1, -0.05) is 12.1 Å². The molecule has 0 radical (unpaired) electrons. The van der Waals surface area contributed by atoms with Crippen LogP contribution in [0, 0.1) is 11.3 Å². The van der Waals surface area contributed by atoms with Gasteiger partial charge in [0.25, 0.3) is 0 Å². The summed E-state index contributed by atoms with van der Waals surface area (Å²) in [6.45, 7) is 0.954. The molecule has 5 nitrogen and oxygen atoms in total. The zero-order chi connectivity index (χ0) is 15.5. The fourth-order valence-electron chi connectivity index (χ4n) is 1.80. The van der Waals surface area contributed by atoms with Gasteiger partial charge in [-0.05, 0) is 36.3 Å². The zero-order valence-electron chi connectivity index (χ0n) is 11.9. The van der Waals surface area contributed by atoms with E-state index in [-0.39, 0.29) is 0 Å². The van der Waals surface area contributed by atoms with Gasteiger partial charge in [-0.3, -0.25) is 4.79 Å². The Labute approximate surface area is 129 Å². The maximum absolute atomic E-state index is 11.0. The maximum Gasteiger partial charge on any atom is 0.321 e. The smallest absolute Gasteiger partial charge is 0.321 e. The van der Waals surface area contributed by atoms with Crippen LogP contribution in [0.2, 0.25) is 0 Å². The number of nitrogens with one attached hydrogen (secondary N) is 1. The molecular weight excluding hydrogens is 286 g/mol. The summed E-state index contributed by atoms with van der Waals surface area (Å²) < 4.78 is 0. The monoisotopic (exact) mass is 307 g/mol. The van der Waals surface area contributed by atoms with Crippen LogP contribution in [0.4, 0.5) is 0 Å². The van der Waals surface area contributed by atoms with Crippen molar-refractivity contribution >= 4 is 17.7 Å². The van der Waals surface area contributed by atoms with Gasteiger partial charge in [0.15, 0.2) is 0 Å². The van der Waals surface area contributed by atoms with E-state index in [2.05, 4.69) is 11.4 Å². The van der Waals surface area contributed by atoms with Crippen molar-refractivity contribution in [2.75, 3.05) is 24.6 Å². The quantitative estimate of drug-likeness (QED) is 0.562. The zero-order valence-corrected chi connectivity index (χ0v) is 12.7. The van der Waals surface area contributed by atoms with E-state index in [1.807, 2.05) is 24.3 Å². The van der Waals surface area contributed by atoms with Crippen molar-refractivity contribution in [2.24, 2.45) is 5.73 Å². The average Bonchev–Trinajstić information content (AvgIpc) is 2.50. The molecule has 0 bridgehead atoms. The van der Waals surface area contributed by atoms with E-state index >= 15 is 0 Å². The van der Waals surface area contributed by atoms with Gasteiger partial charge in [-0.25, -0.2) is 0 Å². The molecule has 1 aromatic carbocycles. The number of benzene rings is 1. The van der Waals surface area contributed by atoms with Gasteiger partial charge in [-0.15, -0.1) is 0 Å². The molecule has 4 N–H and O–H groups in total. The number of hydrogen-bond donors (Lipinski definition) is 3. The first kappa shape index (κ1) is 17.5. The van der Waals surface area contributed by atoms with Gasteiger partial charge in [0.2, 0.25) is 0 Å². The van der Waals surface area contributed by atoms with Crippen LogP contribution < -0.4 is 11.1 Å². The number of hydrogen-bond acceptors (Lipinski definition) is 5. The number of nitriles is 1. The summed E-state index contributed by atoms with van der Waals surface area (Å²) in [5.74, 6) is 0.625. The van der Waals surface area contributed by atoms with Crippen molar-refractivity contribution in [2.45, 2.75) is 18.9 Å². The minimum atomic E-state index is -0.831. The lowest BCUT2D eigenvalue weighted by Gasteiger charge is -2.13. The maximum atomic E-state index is 11.0. The third-order valence-electron chi connectivity index (χ3n) is 2.95. The van der Waals surface area contributed by atoms with Gasteiger partial charge in [0.05, 0.1) is 11.6 Å². The van der Waals surface area contributed by atoms with Gasteiger partial charge in [0, 0.05) is 18.8 Å². The molecule has 1 rings (SSSR count). The molecular formula is C15H21N3O2S. The van der Waals surface area contributed by atoms with Crippen molar-refractivity contribution < 1.29 is 9.90 Å². The molecule has 0 aliphatic heterocycles. The highest BCUT2D eigenvalue weighted by molar-refractivity contribution is 7.99. The number of aliphatic carboxylic acids is 1. The Hall–Kier alpha value is -1.55.